The van der Waals surface area contributed by atoms with E-state index in [1.807, 2.05) is 25.1 Å². The maximum absolute atomic E-state index is 13.4. The molecule has 2 aliphatic heterocycles. The van der Waals surface area contributed by atoms with Crippen LogP contribution >= 0.6 is 0 Å². The maximum atomic E-state index is 13.4. The third-order valence-corrected chi connectivity index (χ3v) is 7.95. The van der Waals surface area contributed by atoms with Gasteiger partial charge in [-0.1, -0.05) is 25.8 Å². The van der Waals surface area contributed by atoms with Gasteiger partial charge in [0, 0.05) is 32.7 Å². The second-order valence-corrected chi connectivity index (χ2v) is 10.2. The first-order chi connectivity index (χ1) is 14.8. The molecule has 0 bridgehead atoms. The summed E-state index contributed by atoms with van der Waals surface area (Å²) >= 11 is 0. The maximum Gasteiger partial charge on any atom is 0.259 e. The van der Waals surface area contributed by atoms with Crippen LogP contribution in [0.2, 0.25) is 0 Å². The lowest BCUT2D eigenvalue weighted by Gasteiger charge is -2.28. The van der Waals surface area contributed by atoms with Gasteiger partial charge in [0.15, 0.2) is 5.75 Å². The van der Waals surface area contributed by atoms with E-state index in [0.717, 1.165) is 44.3 Å². The zero-order valence-electron chi connectivity index (χ0n) is 18.3. The molecule has 0 aliphatic carbocycles. The molecule has 0 aromatic heterocycles. The summed E-state index contributed by atoms with van der Waals surface area (Å²) in [6.07, 6.45) is 4.27. The van der Waals surface area contributed by atoms with Gasteiger partial charge >= 0.3 is 0 Å². The molecular formula is C23H29N3O4S. The van der Waals surface area contributed by atoms with Gasteiger partial charge in [-0.3, -0.25) is 4.79 Å². The van der Waals surface area contributed by atoms with Crippen molar-refractivity contribution in [2.24, 2.45) is 0 Å². The molecule has 1 fully saturated rings. The average molecular weight is 444 g/mol. The molecular weight excluding hydrogens is 414 g/mol. The second kappa shape index (κ2) is 8.51. The molecule has 0 radical (unpaired) electrons. The fourth-order valence-electron chi connectivity index (χ4n) is 4.05. The van der Waals surface area contributed by atoms with Crippen LogP contribution in [0.3, 0.4) is 0 Å². The Morgan fingerprint density at radius 3 is 2.45 bits per heavy atom. The second-order valence-electron chi connectivity index (χ2n) is 8.19. The summed E-state index contributed by atoms with van der Waals surface area (Å²) < 4.78 is 34.2. The van der Waals surface area contributed by atoms with Gasteiger partial charge in [0.25, 0.3) is 5.91 Å². The van der Waals surface area contributed by atoms with Crippen molar-refractivity contribution in [1.82, 2.24) is 4.31 Å². The van der Waals surface area contributed by atoms with Gasteiger partial charge < -0.3 is 15.0 Å². The van der Waals surface area contributed by atoms with Crippen molar-refractivity contribution in [3.05, 3.63) is 41.5 Å². The van der Waals surface area contributed by atoms with Crippen LogP contribution < -0.4 is 15.0 Å². The lowest BCUT2D eigenvalue weighted by Crippen LogP contribution is -2.31. The Hall–Kier alpha value is -2.58. The molecule has 8 heteroatoms. The predicted octanol–water partition coefficient (Wildman–Crippen LogP) is 4.37. The number of nitrogens with one attached hydrogen (secondary N) is 1. The molecule has 2 aromatic rings. The molecule has 0 saturated carbocycles. The highest BCUT2D eigenvalue weighted by atomic mass is 32.2. The number of carbonyl (C=O) groups excluding carboxylic acids is 1. The number of fused-ring (bicyclic) bond motifs is 2. The van der Waals surface area contributed by atoms with Crippen molar-refractivity contribution < 1.29 is 17.9 Å². The number of sulfonamides is 1. The highest BCUT2D eigenvalue weighted by molar-refractivity contribution is 7.89. The first kappa shape index (κ1) is 21.6. The minimum Gasteiger partial charge on any atom is -0.454 e. The van der Waals surface area contributed by atoms with E-state index in [0.29, 0.717) is 29.4 Å². The van der Waals surface area contributed by atoms with Gasteiger partial charge in [-0.2, -0.15) is 0 Å². The number of hydrogen-bond acceptors (Lipinski definition) is 5. The highest BCUT2D eigenvalue weighted by Gasteiger charge is 2.31. The fraction of sp³-hybridized carbons (Fsp3) is 0.435. The lowest BCUT2D eigenvalue weighted by atomic mass is 10.1. The monoisotopic (exact) mass is 443 g/mol. The molecule has 31 heavy (non-hydrogen) atoms. The quantitative estimate of drug-likeness (QED) is 0.759. The number of hydrogen-bond donors (Lipinski definition) is 1. The van der Waals surface area contributed by atoms with Crippen LogP contribution in [0.15, 0.2) is 35.2 Å². The minimum atomic E-state index is -3.77. The Bertz CT molecular complexity index is 1110. The van der Waals surface area contributed by atoms with Gasteiger partial charge in [-0.15, -0.1) is 0 Å². The molecule has 2 heterocycles. The SMILES string of the molecule is CCN(C)S(=O)(=O)c1cc2c(cc1N1CCCCCC1)Oc1ccc(C)cc1NC2=O. The first-order valence-corrected chi connectivity index (χ1v) is 12.2. The van der Waals surface area contributed by atoms with Crippen LogP contribution in [0.1, 0.15) is 48.5 Å². The zero-order chi connectivity index (χ0) is 22.2. The number of ether oxygens (including phenoxy) is 1. The average Bonchev–Trinajstić information content (AvgIpc) is 3.09. The Balaban J connectivity index is 1.89. The van der Waals surface area contributed by atoms with E-state index >= 15 is 0 Å². The summed E-state index contributed by atoms with van der Waals surface area (Å²) in [5, 5.41) is 2.86. The fourth-order valence-corrected chi connectivity index (χ4v) is 5.45. The molecule has 0 spiro atoms. The molecule has 1 N–H and O–H groups in total. The van der Waals surface area contributed by atoms with Crippen molar-refractivity contribution in [3.8, 4) is 11.5 Å². The van der Waals surface area contributed by atoms with Gasteiger partial charge in [0.2, 0.25) is 10.0 Å². The summed E-state index contributed by atoms with van der Waals surface area (Å²) in [7, 11) is -2.21. The Labute approximate surface area is 184 Å². The Morgan fingerprint density at radius 1 is 1.06 bits per heavy atom. The summed E-state index contributed by atoms with van der Waals surface area (Å²) in [4.78, 5) is 15.3. The third-order valence-electron chi connectivity index (χ3n) is 5.99. The van der Waals surface area contributed by atoms with Gasteiger partial charge in [0.1, 0.15) is 10.6 Å². The summed E-state index contributed by atoms with van der Waals surface area (Å²) in [6.45, 7) is 5.62. The molecule has 166 valence electrons. The van der Waals surface area contributed by atoms with E-state index in [1.54, 1.807) is 20.0 Å². The van der Waals surface area contributed by atoms with E-state index in [-0.39, 0.29) is 16.4 Å². The topological polar surface area (TPSA) is 79.0 Å². The Morgan fingerprint density at radius 2 is 1.77 bits per heavy atom. The summed E-state index contributed by atoms with van der Waals surface area (Å²) in [6, 6.07) is 8.79. The number of rotatable bonds is 4. The van der Waals surface area contributed by atoms with E-state index in [1.165, 1.54) is 10.4 Å². The molecule has 1 amide bonds. The Kier molecular flexibility index (Phi) is 5.94. The van der Waals surface area contributed by atoms with E-state index in [2.05, 4.69) is 10.2 Å². The van der Waals surface area contributed by atoms with Gasteiger partial charge in [0.05, 0.1) is 16.9 Å². The molecule has 7 nitrogen and oxygen atoms in total. The zero-order valence-corrected chi connectivity index (χ0v) is 19.1. The van der Waals surface area contributed by atoms with Crippen molar-refractivity contribution in [2.75, 3.05) is 36.9 Å². The van der Waals surface area contributed by atoms with E-state index < -0.39 is 10.0 Å². The number of nitrogens with zero attached hydrogens (tertiary/aromatic N) is 2. The van der Waals surface area contributed by atoms with Crippen LogP contribution in [0, 0.1) is 6.92 Å². The van der Waals surface area contributed by atoms with Crippen molar-refractivity contribution in [1.29, 1.82) is 0 Å². The lowest BCUT2D eigenvalue weighted by molar-refractivity contribution is 0.102. The van der Waals surface area contributed by atoms with E-state index in [9.17, 15) is 13.2 Å². The van der Waals surface area contributed by atoms with Crippen molar-refractivity contribution in [2.45, 2.75) is 44.4 Å². The van der Waals surface area contributed by atoms with Crippen LogP contribution in [0.5, 0.6) is 11.5 Å². The largest absolute Gasteiger partial charge is 0.454 e. The molecule has 0 atom stereocenters. The smallest absolute Gasteiger partial charge is 0.259 e. The molecule has 2 aliphatic rings. The molecule has 4 rings (SSSR count). The number of carbonyl (C=O) groups is 1. The van der Waals surface area contributed by atoms with Crippen LogP contribution in [0.25, 0.3) is 0 Å². The summed E-state index contributed by atoms with van der Waals surface area (Å²) in [5.41, 5.74) is 2.39. The first-order valence-electron chi connectivity index (χ1n) is 10.8. The normalized spacial score (nSPS) is 16.6. The third kappa shape index (κ3) is 4.14. The molecule has 1 saturated heterocycles. The van der Waals surface area contributed by atoms with Crippen LogP contribution in [0.4, 0.5) is 11.4 Å². The molecule has 2 aromatic carbocycles. The predicted molar refractivity (Wildman–Crippen MR) is 122 cm³/mol. The van der Waals surface area contributed by atoms with Crippen LogP contribution in [-0.4, -0.2) is 45.3 Å². The molecule has 0 unspecified atom stereocenters. The number of benzene rings is 2. The highest BCUT2D eigenvalue weighted by Crippen LogP contribution is 2.41. The summed E-state index contributed by atoms with van der Waals surface area (Å²) in [5.74, 6) is 0.538. The minimum absolute atomic E-state index is 0.151. The standard InChI is InChI=1S/C23H29N3O4S/c1-4-25(3)31(28,29)22-14-17-21(15-19(22)26-11-7-5-6-8-12-26)30-20-10-9-16(2)13-18(20)24-23(17)27/h9-10,13-15H,4-8,11-12H2,1-3H3,(H,24,27). The van der Waals surface area contributed by atoms with Crippen molar-refractivity contribution >= 4 is 27.3 Å². The van der Waals surface area contributed by atoms with Gasteiger partial charge in [-0.25, -0.2) is 12.7 Å². The van der Waals surface area contributed by atoms with Gasteiger partial charge in [-0.05, 0) is 43.5 Å². The van der Waals surface area contributed by atoms with Crippen LogP contribution in [-0.2, 0) is 10.0 Å². The number of amides is 1. The van der Waals surface area contributed by atoms with Crippen molar-refractivity contribution in [3.63, 3.8) is 0 Å². The number of aryl methyl sites for hydroxylation is 1. The van der Waals surface area contributed by atoms with E-state index in [4.69, 9.17) is 4.74 Å². The number of anilines is 2.